The number of hydrogen-bond donors (Lipinski definition) is 0. The average Bonchev–Trinajstić information content (AvgIpc) is 3.33. The molecule has 7 aromatic rings. The van der Waals surface area contributed by atoms with Crippen molar-refractivity contribution in [1.82, 2.24) is 4.40 Å². The molecule has 132 valence electrons. The number of nitrogens with zero attached hydrogens (tertiary/aromatic N) is 2. The second-order valence-corrected chi connectivity index (χ2v) is 8.67. The smallest absolute Gasteiger partial charge is 0.237 e. The van der Waals surface area contributed by atoms with E-state index in [4.69, 9.17) is 0 Å². The van der Waals surface area contributed by atoms with Crippen molar-refractivity contribution in [3.05, 3.63) is 71.7 Å². The molecule has 4 heterocycles. The fourth-order valence-corrected chi connectivity index (χ4v) is 6.25. The number of benzene rings is 3. The van der Waals surface area contributed by atoms with Crippen molar-refractivity contribution >= 4 is 70.4 Å². The van der Waals surface area contributed by atoms with Crippen LogP contribution in [0.25, 0.3) is 59.1 Å². The number of fused-ring (bicyclic) bond motifs is 8. The number of hydrogen-bond acceptors (Lipinski definition) is 1. The Balaban J connectivity index is 2.04. The molecular weight excluding hydrogens is 360 g/mol. The second kappa shape index (κ2) is 4.81. The van der Waals surface area contributed by atoms with Gasteiger partial charge in [-0.25, -0.2) is 0 Å². The lowest BCUT2D eigenvalue weighted by molar-refractivity contribution is -0.644. The van der Waals surface area contributed by atoms with Crippen LogP contribution >= 0.6 is 11.3 Å². The van der Waals surface area contributed by atoms with Gasteiger partial charge in [0.05, 0.1) is 16.4 Å². The fourth-order valence-electron chi connectivity index (χ4n) is 5.26. The summed E-state index contributed by atoms with van der Waals surface area (Å²) in [5.41, 5.74) is 6.60. The van der Waals surface area contributed by atoms with Gasteiger partial charge in [0.1, 0.15) is 12.6 Å². The standard InChI is InChI=1S/C25H17N2S/c1-14-15-11-13-28-25(15)18-10-9-17-16-6-3-4-7-19(16)27-20-8-5-12-26(2)24(20)21(14)22(18)23(17)27/h3-13H,1-2H3/q+1. The molecule has 0 aliphatic carbocycles. The molecule has 0 atom stereocenters. The molecule has 0 aliphatic heterocycles. The zero-order chi connectivity index (χ0) is 18.6. The maximum Gasteiger partial charge on any atom is 0.237 e. The van der Waals surface area contributed by atoms with Crippen molar-refractivity contribution < 1.29 is 4.57 Å². The monoisotopic (exact) mass is 377 g/mol. The lowest BCUT2D eigenvalue weighted by Gasteiger charge is -2.14. The van der Waals surface area contributed by atoms with Crippen LogP contribution in [0.3, 0.4) is 0 Å². The average molecular weight is 377 g/mol. The molecule has 0 radical (unpaired) electrons. The molecule has 3 aromatic carbocycles. The third kappa shape index (κ3) is 1.51. The molecule has 2 nitrogen and oxygen atoms in total. The highest BCUT2D eigenvalue weighted by Crippen LogP contribution is 2.45. The minimum Gasteiger partial charge on any atom is -0.303 e. The molecule has 0 unspecified atom stereocenters. The highest BCUT2D eigenvalue weighted by molar-refractivity contribution is 7.18. The summed E-state index contributed by atoms with van der Waals surface area (Å²) in [6, 6.07) is 20.2. The summed E-state index contributed by atoms with van der Waals surface area (Å²) in [6.07, 6.45) is 2.17. The fraction of sp³-hybridized carbons (Fsp3) is 0.0800. The van der Waals surface area contributed by atoms with E-state index in [1.54, 1.807) is 0 Å². The van der Waals surface area contributed by atoms with E-state index < -0.39 is 0 Å². The number of para-hydroxylation sites is 1. The molecule has 3 heteroatoms. The van der Waals surface area contributed by atoms with Crippen LogP contribution < -0.4 is 4.57 Å². The summed E-state index contributed by atoms with van der Waals surface area (Å²) in [5, 5.41) is 10.4. The predicted molar refractivity (Wildman–Crippen MR) is 120 cm³/mol. The van der Waals surface area contributed by atoms with Gasteiger partial charge in [-0.2, -0.15) is 4.57 Å². The topological polar surface area (TPSA) is 8.29 Å². The van der Waals surface area contributed by atoms with E-state index in [9.17, 15) is 0 Å². The van der Waals surface area contributed by atoms with E-state index in [1.165, 1.54) is 64.6 Å². The molecule has 4 aromatic heterocycles. The first-order chi connectivity index (χ1) is 13.8. The van der Waals surface area contributed by atoms with Crippen LogP contribution in [-0.4, -0.2) is 4.40 Å². The third-order valence-electron chi connectivity index (χ3n) is 6.41. The summed E-state index contributed by atoms with van der Waals surface area (Å²) >= 11 is 1.85. The molecule has 0 saturated carbocycles. The van der Waals surface area contributed by atoms with Gasteiger partial charge in [-0.05, 0) is 41.5 Å². The zero-order valence-electron chi connectivity index (χ0n) is 15.7. The lowest BCUT2D eigenvalue weighted by atomic mass is 9.95. The molecule has 0 aliphatic rings. The minimum atomic E-state index is 1.27. The van der Waals surface area contributed by atoms with Crippen LogP contribution in [0.4, 0.5) is 0 Å². The molecule has 28 heavy (non-hydrogen) atoms. The molecule has 0 fully saturated rings. The van der Waals surface area contributed by atoms with Crippen LogP contribution in [-0.2, 0) is 7.05 Å². The van der Waals surface area contributed by atoms with Crippen LogP contribution in [0.5, 0.6) is 0 Å². The highest BCUT2D eigenvalue weighted by Gasteiger charge is 2.24. The summed E-state index contributed by atoms with van der Waals surface area (Å²) in [7, 11) is 2.17. The maximum absolute atomic E-state index is 2.48. The number of pyridine rings is 2. The van der Waals surface area contributed by atoms with Gasteiger partial charge in [-0.1, -0.05) is 30.3 Å². The predicted octanol–water partition coefficient (Wildman–Crippen LogP) is 6.34. The molecule has 0 spiro atoms. The summed E-state index contributed by atoms with van der Waals surface area (Å²) in [4.78, 5) is 0. The number of aromatic nitrogens is 2. The Kier molecular flexibility index (Phi) is 2.55. The number of thiophene rings is 1. The Labute approximate surface area is 165 Å². The van der Waals surface area contributed by atoms with Crippen molar-refractivity contribution in [3.63, 3.8) is 0 Å². The molecule has 0 N–H and O–H groups in total. The summed E-state index contributed by atoms with van der Waals surface area (Å²) in [6.45, 7) is 2.29. The Morgan fingerprint density at radius 2 is 1.61 bits per heavy atom. The van der Waals surface area contributed by atoms with Crippen molar-refractivity contribution in [2.24, 2.45) is 7.05 Å². The van der Waals surface area contributed by atoms with Gasteiger partial charge in [0.25, 0.3) is 0 Å². The first kappa shape index (κ1) is 14.8. The third-order valence-corrected chi connectivity index (χ3v) is 7.36. The Hall–Kier alpha value is -3.17. The lowest BCUT2D eigenvalue weighted by Crippen LogP contribution is -2.29. The minimum absolute atomic E-state index is 1.27. The molecule has 7 rings (SSSR count). The van der Waals surface area contributed by atoms with Crippen LogP contribution in [0.2, 0.25) is 0 Å². The molecule has 0 saturated heterocycles. The van der Waals surface area contributed by atoms with Crippen molar-refractivity contribution in [2.45, 2.75) is 6.92 Å². The quantitative estimate of drug-likeness (QED) is 0.166. The van der Waals surface area contributed by atoms with E-state index in [0.717, 1.165) is 0 Å². The Bertz CT molecular complexity index is 1730. The van der Waals surface area contributed by atoms with Crippen LogP contribution in [0.1, 0.15) is 5.56 Å². The van der Waals surface area contributed by atoms with Crippen molar-refractivity contribution in [1.29, 1.82) is 0 Å². The molecule has 0 bridgehead atoms. The van der Waals surface area contributed by atoms with Gasteiger partial charge in [0.15, 0.2) is 6.20 Å². The van der Waals surface area contributed by atoms with Crippen LogP contribution in [0.15, 0.2) is 66.2 Å². The van der Waals surface area contributed by atoms with Gasteiger partial charge >= 0.3 is 0 Å². The second-order valence-electron chi connectivity index (χ2n) is 7.75. The van der Waals surface area contributed by atoms with Gasteiger partial charge in [0, 0.05) is 32.3 Å². The normalized spacial score (nSPS) is 12.6. The first-order valence-corrected chi connectivity index (χ1v) is 10.5. The zero-order valence-corrected chi connectivity index (χ0v) is 16.5. The van der Waals surface area contributed by atoms with Crippen LogP contribution in [0, 0.1) is 6.92 Å². The largest absolute Gasteiger partial charge is 0.303 e. The van der Waals surface area contributed by atoms with E-state index in [2.05, 4.69) is 89.1 Å². The van der Waals surface area contributed by atoms with E-state index in [-0.39, 0.29) is 0 Å². The van der Waals surface area contributed by atoms with Gasteiger partial charge in [0.2, 0.25) is 5.52 Å². The maximum atomic E-state index is 2.48. The Morgan fingerprint density at radius 1 is 0.786 bits per heavy atom. The summed E-state index contributed by atoms with van der Waals surface area (Å²) < 4.78 is 6.16. The highest BCUT2D eigenvalue weighted by atomic mass is 32.1. The molecule has 0 amide bonds. The van der Waals surface area contributed by atoms with E-state index in [0.29, 0.717) is 0 Å². The first-order valence-electron chi connectivity index (χ1n) is 9.61. The van der Waals surface area contributed by atoms with E-state index in [1.807, 2.05) is 11.3 Å². The van der Waals surface area contributed by atoms with Crippen molar-refractivity contribution in [3.8, 4) is 0 Å². The summed E-state index contributed by atoms with van der Waals surface area (Å²) in [5.74, 6) is 0. The van der Waals surface area contributed by atoms with Crippen molar-refractivity contribution in [2.75, 3.05) is 0 Å². The molecular formula is C25H17N2S+. The van der Waals surface area contributed by atoms with Gasteiger partial charge in [-0.3, -0.25) is 0 Å². The number of rotatable bonds is 0. The SMILES string of the molecule is Cc1c2ccsc2c2ccc3c4ccccc4n4c5ccc[n+](C)c5c1c2c34. The van der Waals surface area contributed by atoms with Gasteiger partial charge < -0.3 is 4.40 Å². The number of aryl methyl sites for hydroxylation is 2. The van der Waals surface area contributed by atoms with Gasteiger partial charge in [-0.15, -0.1) is 11.3 Å². The Morgan fingerprint density at radius 3 is 2.54 bits per heavy atom. The van der Waals surface area contributed by atoms with E-state index >= 15 is 0 Å².